The van der Waals surface area contributed by atoms with Crippen LogP contribution in [0.15, 0.2) is 23.0 Å². The Hall–Kier alpha value is -2.87. The van der Waals surface area contributed by atoms with Crippen molar-refractivity contribution in [2.45, 2.75) is 33.7 Å². The molecule has 0 aliphatic heterocycles. The topological polar surface area (TPSA) is 96.1 Å². The predicted molar refractivity (Wildman–Crippen MR) is 109 cm³/mol. The fourth-order valence-electron chi connectivity index (χ4n) is 2.88. The highest BCUT2D eigenvalue weighted by molar-refractivity contribution is 7.18. The van der Waals surface area contributed by atoms with E-state index in [0.717, 1.165) is 15.3 Å². The molecule has 27 heavy (non-hydrogen) atoms. The molecule has 142 valence electrons. The quantitative estimate of drug-likeness (QED) is 0.621. The van der Waals surface area contributed by atoms with Gasteiger partial charge in [-0.3, -0.25) is 9.59 Å². The van der Waals surface area contributed by atoms with Gasteiger partial charge in [-0.25, -0.2) is 4.98 Å². The van der Waals surface area contributed by atoms with Gasteiger partial charge in [0.05, 0.1) is 24.2 Å². The number of nitrogens with one attached hydrogen (secondary N) is 3. The average Bonchev–Trinajstić information content (AvgIpc) is 2.89. The van der Waals surface area contributed by atoms with Crippen molar-refractivity contribution in [3.8, 4) is 5.75 Å². The Kier molecular flexibility index (Phi) is 5.18. The smallest absolute Gasteiger partial charge is 0.259 e. The van der Waals surface area contributed by atoms with Crippen LogP contribution in [0.2, 0.25) is 0 Å². The van der Waals surface area contributed by atoms with Crippen molar-refractivity contribution < 1.29 is 9.53 Å². The van der Waals surface area contributed by atoms with Crippen LogP contribution in [0.3, 0.4) is 0 Å². The number of thiophene rings is 1. The number of aryl methyl sites for hydroxylation is 2. The standard InChI is InChI=1S/C19H22N4O3S/c1-9-11(3)27-19-16(9)18(25)22-17(23-19)10(2)20-14-8-13(21-12(4)24)6-7-15(14)26-5/h6-8,10,20H,1-5H3,(H,21,24)(H,22,23,25)/t10-/m1/s1. The number of methoxy groups -OCH3 is 1. The summed E-state index contributed by atoms with van der Waals surface area (Å²) in [6.45, 7) is 7.28. The first kappa shape index (κ1) is 18.9. The second-order valence-corrected chi connectivity index (χ2v) is 7.58. The zero-order valence-electron chi connectivity index (χ0n) is 15.9. The van der Waals surface area contributed by atoms with Gasteiger partial charge in [-0.15, -0.1) is 11.3 Å². The number of aromatic nitrogens is 2. The molecular formula is C19H22N4O3S. The molecule has 3 rings (SSSR count). The van der Waals surface area contributed by atoms with Gasteiger partial charge in [-0.2, -0.15) is 0 Å². The van der Waals surface area contributed by atoms with Gasteiger partial charge < -0.3 is 20.4 Å². The molecule has 8 heteroatoms. The van der Waals surface area contributed by atoms with Gasteiger partial charge >= 0.3 is 0 Å². The molecule has 2 aromatic heterocycles. The SMILES string of the molecule is COc1ccc(NC(C)=O)cc1N[C@H](C)c1nc2sc(C)c(C)c2c(=O)[nH]1. The van der Waals surface area contributed by atoms with Gasteiger partial charge in [-0.1, -0.05) is 0 Å². The first-order valence-electron chi connectivity index (χ1n) is 8.52. The Bertz CT molecular complexity index is 1070. The van der Waals surface area contributed by atoms with Gasteiger partial charge in [0, 0.05) is 17.5 Å². The number of hydrogen-bond donors (Lipinski definition) is 3. The number of amides is 1. The normalized spacial score (nSPS) is 12.0. The molecule has 0 radical (unpaired) electrons. The monoisotopic (exact) mass is 386 g/mol. The number of carbonyl (C=O) groups excluding carboxylic acids is 1. The average molecular weight is 386 g/mol. The molecule has 1 aromatic carbocycles. The van der Waals surface area contributed by atoms with Crippen molar-refractivity contribution in [2.75, 3.05) is 17.7 Å². The van der Waals surface area contributed by atoms with Crippen LogP contribution >= 0.6 is 11.3 Å². The third kappa shape index (κ3) is 3.80. The number of H-pyrrole nitrogens is 1. The summed E-state index contributed by atoms with van der Waals surface area (Å²) in [5, 5.41) is 6.70. The summed E-state index contributed by atoms with van der Waals surface area (Å²) < 4.78 is 5.39. The second kappa shape index (κ2) is 7.40. The van der Waals surface area contributed by atoms with Crippen molar-refractivity contribution in [1.82, 2.24) is 9.97 Å². The maximum atomic E-state index is 12.5. The van der Waals surface area contributed by atoms with Crippen molar-refractivity contribution in [1.29, 1.82) is 0 Å². The minimum atomic E-state index is -0.272. The zero-order chi connectivity index (χ0) is 19.7. The number of carbonyl (C=O) groups is 1. The molecule has 7 nitrogen and oxygen atoms in total. The molecule has 1 amide bonds. The van der Waals surface area contributed by atoms with Crippen LogP contribution in [-0.4, -0.2) is 23.0 Å². The summed E-state index contributed by atoms with van der Waals surface area (Å²) >= 11 is 1.52. The van der Waals surface area contributed by atoms with E-state index < -0.39 is 0 Å². The highest BCUT2D eigenvalue weighted by Gasteiger charge is 2.16. The highest BCUT2D eigenvalue weighted by atomic mass is 32.1. The first-order chi connectivity index (χ1) is 12.8. The van der Waals surface area contributed by atoms with Gasteiger partial charge in [0.25, 0.3) is 5.56 Å². The molecule has 0 saturated heterocycles. The van der Waals surface area contributed by atoms with Crippen molar-refractivity contribution in [3.05, 3.63) is 44.8 Å². The summed E-state index contributed by atoms with van der Waals surface area (Å²) in [6, 6.07) is 5.05. The van der Waals surface area contributed by atoms with E-state index in [4.69, 9.17) is 4.74 Å². The molecule has 0 aliphatic rings. The summed E-state index contributed by atoms with van der Waals surface area (Å²) in [7, 11) is 1.58. The minimum Gasteiger partial charge on any atom is -0.495 e. The lowest BCUT2D eigenvalue weighted by Crippen LogP contribution is -2.18. The van der Waals surface area contributed by atoms with E-state index in [9.17, 15) is 9.59 Å². The maximum absolute atomic E-state index is 12.5. The number of ether oxygens (including phenoxy) is 1. The van der Waals surface area contributed by atoms with Crippen LogP contribution in [0.4, 0.5) is 11.4 Å². The number of fused-ring (bicyclic) bond motifs is 1. The molecule has 0 aliphatic carbocycles. The van der Waals surface area contributed by atoms with Crippen LogP contribution in [0, 0.1) is 13.8 Å². The summed E-state index contributed by atoms with van der Waals surface area (Å²) in [5.41, 5.74) is 2.18. The molecule has 0 bridgehead atoms. The van der Waals surface area contributed by atoms with E-state index >= 15 is 0 Å². The molecule has 3 N–H and O–H groups in total. The zero-order valence-corrected chi connectivity index (χ0v) is 16.7. The van der Waals surface area contributed by atoms with Gasteiger partial charge in [-0.05, 0) is 44.5 Å². The minimum absolute atomic E-state index is 0.135. The number of hydrogen-bond acceptors (Lipinski definition) is 6. The molecular weight excluding hydrogens is 364 g/mol. The summed E-state index contributed by atoms with van der Waals surface area (Å²) in [6.07, 6.45) is 0. The Morgan fingerprint density at radius 2 is 2.07 bits per heavy atom. The molecule has 2 heterocycles. The Morgan fingerprint density at radius 1 is 1.33 bits per heavy atom. The van der Waals surface area contributed by atoms with Crippen LogP contribution in [0.5, 0.6) is 5.75 Å². The Morgan fingerprint density at radius 3 is 2.74 bits per heavy atom. The lowest BCUT2D eigenvalue weighted by Gasteiger charge is -2.18. The third-order valence-corrected chi connectivity index (χ3v) is 5.46. The van der Waals surface area contributed by atoms with E-state index in [1.165, 1.54) is 18.3 Å². The number of aromatic amines is 1. The fraction of sp³-hybridized carbons (Fsp3) is 0.316. The maximum Gasteiger partial charge on any atom is 0.259 e. The van der Waals surface area contributed by atoms with E-state index in [1.54, 1.807) is 25.3 Å². The van der Waals surface area contributed by atoms with Crippen LogP contribution < -0.4 is 20.9 Å². The summed E-state index contributed by atoms with van der Waals surface area (Å²) in [5.74, 6) is 1.02. The van der Waals surface area contributed by atoms with E-state index in [-0.39, 0.29) is 17.5 Å². The number of benzene rings is 1. The lowest BCUT2D eigenvalue weighted by molar-refractivity contribution is -0.114. The van der Waals surface area contributed by atoms with Gasteiger partial charge in [0.2, 0.25) is 5.91 Å². The van der Waals surface area contributed by atoms with Gasteiger partial charge in [0.15, 0.2) is 0 Å². The molecule has 0 unspecified atom stereocenters. The highest BCUT2D eigenvalue weighted by Crippen LogP contribution is 2.31. The predicted octanol–water partition coefficient (Wildman–Crippen LogP) is 3.74. The fourth-order valence-corrected chi connectivity index (χ4v) is 3.92. The number of nitrogens with zero attached hydrogens (tertiary/aromatic N) is 1. The molecule has 0 saturated carbocycles. The van der Waals surface area contributed by atoms with E-state index in [0.29, 0.717) is 28.3 Å². The van der Waals surface area contributed by atoms with E-state index in [1.807, 2.05) is 20.8 Å². The number of rotatable bonds is 5. The second-order valence-electron chi connectivity index (χ2n) is 6.38. The Labute approximate surface area is 160 Å². The van der Waals surface area contributed by atoms with Crippen molar-refractivity contribution >= 4 is 38.8 Å². The molecule has 0 spiro atoms. The van der Waals surface area contributed by atoms with Crippen LogP contribution in [-0.2, 0) is 4.79 Å². The Balaban J connectivity index is 1.95. The van der Waals surface area contributed by atoms with Crippen molar-refractivity contribution in [2.24, 2.45) is 0 Å². The summed E-state index contributed by atoms with van der Waals surface area (Å²) in [4.78, 5) is 33.1. The largest absolute Gasteiger partial charge is 0.495 e. The third-order valence-electron chi connectivity index (χ3n) is 4.36. The number of anilines is 2. The lowest BCUT2D eigenvalue weighted by atomic mass is 10.2. The van der Waals surface area contributed by atoms with Crippen LogP contribution in [0.1, 0.15) is 36.2 Å². The molecule has 0 fully saturated rings. The van der Waals surface area contributed by atoms with Crippen molar-refractivity contribution in [3.63, 3.8) is 0 Å². The van der Waals surface area contributed by atoms with Crippen LogP contribution in [0.25, 0.3) is 10.2 Å². The molecule has 3 aromatic rings. The van der Waals surface area contributed by atoms with Gasteiger partial charge in [0.1, 0.15) is 16.4 Å². The molecule has 1 atom stereocenters. The van der Waals surface area contributed by atoms with E-state index in [2.05, 4.69) is 20.6 Å². The first-order valence-corrected chi connectivity index (χ1v) is 9.34.